The Morgan fingerprint density at radius 3 is 2.46 bits per heavy atom. The lowest BCUT2D eigenvalue weighted by molar-refractivity contribution is 0.0237. The zero-order valence-corrected chi connectivity index (χ0v) is 20.8. The molecule has 0 aromatic heterocycles. The summed E-state index contributed by atoms with van der Waals surface area (Å²) in [4.78, 5) is 13.1. The molecule has 4 rings (SSSR count). The highest BCUT2D eigenvalue weighted by atomic mass is 19.1. The van der Waals surface area contributed by atoms with E-state index in [0.29, 0.717) is 42.4 Å². The minimum Gasteiger partial charge on any atom is -0.490 e. The maximum absolute atomic E-state index is 13.7. The van der Waals surface area contributed by atoms with Crippen molar-refractivity contribution in [3.05, 3.63) is 94.6 Å². The monoisotopic (exact) mass is 510 g/mol. The second-order valence-corrected chi connectivity index (χ2v) is 9.11. The van der Waals surface area contributed by atoms with E-state index in [2.05, 4.69) is 24.4 Å². The van der Waals surface area contributed by atoms with E-state index in [9.17, 15) is 13.6 Å². The molecule has 0 unspecified atom stereocenters. The summed E-state index contributed by atoms with van der Waals surface area (Å²) in [5, 5.41) is 3.31. The molecule has 0 saturated carbocycles. The average molecular weight is 511 g/mol. The van der Waals surface area contributed by atoms with Crippen LogP contribution < -0.4 is 20.5 Å². The Hall–Kier alpha value is -3.49. The summed E-state index contributed by atoms with van der Waals surface area (Å²) in [5.74, 6) is -0.881. The van der Waals surface area contributed by atoms with Gasteiger partial charge in [0.25, 0.3) is 0 Å². The second kappa shape index (κ2) is 12.7. The Balaban J connectivity index is 1.47. The Labute approximate surface area is 215 Å². The highest BCUT2D eigenvalue weighted by Crippen LogP contribution is 2.30. The number of nitrogens with two attached hydrogens (primary N) is 1. The van der Waals surface area contributed by atoms with Crippen molar-refractivity contribution in [2.45, 2.75) is 44.9 Å². The first-order chi connectivity index (χ1) is 17.9. The largest absolute Gasteiger partial charge is 0.490 e. The minimum absolute atomic E-state index is 0.126. The highest BCUT2D eigenvalue weighted by molar-refractivity contribution is 5.90. The summed E-state index contributed by atoms with van der Waals surface area (Å²) >= 11 is 0. The van der Waals surface area contributed by atoms with E-state index in [-0.39, 0.29) is 13.0 Å². The molecule has 0 fully saturated rings. The molecule has 37 heavy (non-hydrogen) atoms. The van der Waals surface area contributed by atoms with Crippen LogP contribution in [0.5, 0.6) is 11.5 Å². The van der Waals surface area contributed by atoms with E-state index in [1.165, 1.54) is 17.7 Å². The van der Waals surface area contributed by atoms with Gasteiger partial charge in [0.1, 0.15) is 17.7 Å². The minimum atomic E-state index is -0.760. The molecule has 0 saturated heterocycles. The van der Waals surface area contributed by atoms with Gasteiger partial charge in [0.2, 0.25) is 0 Å². The summed E-state index contributed by atoms with van der Waals surface area (Å²) in [6.07, 6.45) is 1.04. The van der Waals surface area contributed by atoms with E-state index >= 15 is 0 Å². The molecule has 2 atom stereocenters. The van der Waals surface area contributed by atoms with Gasteiger partial charge in [-0.3, -0.25) is 0 Å². The first-order valence-corrected chi connectivity index (χ1v) is 12.5. The van der Waals surface area contributed by atoms with Gasteiger partial charge in [0, 0.05) is 31.6 Å². The van der Waals surface area contributed by atoms with Crippen LogP contribution in [0.2, 0.25) is 0 Å². The molecule has 0 amide bonds. The molecule has 3 aromatic carbocycles. The van der Waals surface area contributed by atoms with Crippen LogP contribution in [-0.4, -0.2) is 37.9 Å². The van der Waals surface area contributed by atoms with Crippen LogP contribution in [0.15, 0.2) is 60.7 Å². The third-order valence-corrected chi connectivity index (χ3v) is 6.19. The topological polar surface area (TPSA) is 82.8 Å². The molecule has 6 nitrogen and oxygen atoms in total. The second-order valence-electron chi connectivity index (χ2n) is 9.11. The van der Waals surface area contributed by atoms with Crippen LogP contribution in [0.25, 0.3) is 0 Å². The summed E-state index contributed by atoms with van der Waals surface area (Å²) in [5.41, 5.74) is 9.43. The third kappa shape index (κ3) is 7.50. The van der Waals surface area contributed by atoms with Gasteiger partial charge >= 0.3 is 5.97 Å². The number of esters is 1. The molecule has 196 valence electrons. The molecule has 0 radical (unpaired) electrons. The van der Waals surface area contributed by atoms with E-state index in [1.54, 1.807) is 18.2 Å². The van der Waals surface area contributed by atoms with Crippen molar-refractivity contribution in [2.75, 3.05) is 19.8 Å². The van der Waals surface area contributed by atoms with E-state index in [1.807, 2.05) is 12.1 Å². The molecule has 0 bridgehead atoms. The predicted molar refractivity (Wildman–Crippen MR) is 137 cm³/mol. The average Bonchev–Trinajstić information content (AvgIpc) is 3.12. The molecule has 1 heterocycles. The van der Waals surface area contributed by atoms with Crippen molar-refractivity contribution in [3.8, 4) is 11.5 Å². The van der Waals surface area contributed by atoms with Crippen molar-refractivity contribution >= 4 is 5.97 Å². The molecule has 0 spiro atoms. The fourth-order valence-electron chi connectivity index (χ4n) is 4.23. The summed E-state index contributed by atoms with van der Waals surface area (Å²) in [6, 6.07) is 15.6. The van der Waals surface area contributed by atoms with Crippen molar-refractivity contribution in [1.82, 2.24) is 5.32 Å². The number of ether oxygens (including phenoxy) is 3. The van der Waals surface area contributed by atoms with Gasteiger partial charge in [0.15, 0.2) is 11.5 Å². The van der Waals surface area contributed by atoms with Gasteiger partial charge in [-0.2, -0.15) is 0 Å². The number of rotatable bonds is 10. The van der Waals surface area contributed by atoms with Gasteiger partial charge in [-0.15, -0.1) is 0 Å². The quantitative estimate of drug-likeness (QED) is 0.389. The Morgan fingerprint density at radius 1 is 0.973 bits per heavy atom. The Bertz CT molecular complexity index is 1200. The van der Waals surface area contributed by atoms with E-state index < -0.39 is 29.7 Å². The standard InChI is InChI=1S/C29H32F2N2O4/c1-2-19-5-3-6-20(11-19)17-33-18-28(25(32)14-21-12-23(30)16-24(31)13-21)37-29(34)22-7-8-26-27(15-22)36-10-4-9-35-26/h3,5-8,11-13,15-16,25,28,33H,2,4,9-10,14,17-18,32H2,1H3/t25-,28+/m0/s1. The molecule has 3 aromatic rings. The normalized spacial score (nSPS) is 14.5. The Kier molecular flexibility index (Phi) is 9.09. The van der Waals surface area contributed by atoms with Crippen molar-refractivity contribution < 1.29 is 27.8 Å². The summed E-state index contributed by atoms with van der Waals surface area (Å²) in [6.45, 7) is 3.93. The number of aryl methyl sites for hydroxylation is 1. The lowest BCUT2D eigenvalue weighted by Gasteiger charge is -2.25. The van der Waals surface area contributed by atoms with Gasteiger partial charge in [-0.1, -0.05) is 31.2 Å². The number of carbonyl (C=O) groups excluding carboxylic acids is 1. The SMILES string of the molecule is CCc1cccc(CNC[C@@H](OC(=O)c2ccc3c(c2)OCCCO3)[C@@H](N)Cc2cc(F)cc(F)c2)c1. The van der Waals surface area contributed by atoms with Crippen molar-refractivity contribution in [2.24, 2.45) is 5.73 Å². The number of nitrogens with one attached hydrogen (secondary N) is 1. The van der Waals surface area contributed by atoms with Crippen molar-refractivity contribution in [3.63, 3.8) is 0 Å². The summed E-state index contributed by atoms with van der Waals surface area (Å²) in [7, 11) is 0. The Morgan fingerprint density at radius 2 is 1.70 bits per heavy atom. The van der Waals surface area contributed by atoms with Gasteiger partial charge in [0.05, 0.1) is 18.8 Å². The molecular formula is C29H32F2N2O4. The number of carbonyl (C=O) groups is 1. The number of fused-ring (bicyclic) bond motifs is 1. The first kappa shape index (κ1) is 26.6. The fraction of sp³-hybridized carbons (Fsp3) is 0.345. The number of hydrogen-bond acceptors (Lipinski definition) is 6. The van der Waals surface area contributed by atoms with E-state index in [4.69, 9.17) is 19.9 Å². The number of hydrogen-bond donors (Lipinski definition) is 2. The molecular weight excluding hydrogens is 478 g/mol. The van der Waals surface area contributed by atoms with Crippen LogP contribution in [0, 0.1) is 11.6 Å². The molecule has 0 aliphatic carbocycles. The van der Waals surface area contributed by atoms with Gasteiger partial charge < -0.3 is 25.3 Å². The summed E-state index contributed by atoms with van der Waals surface area (Å²) < 4.78 is 44.6. The highest BCUT2D eigenvalue weighted by Gasteiger charge is 2.25. The van der Waals surface area contributed by atoms with Crippen molar-refractivity contribution in [1.29, 1.82) is 0 Å². The first-order valence-electron chi connectivity index (χ1n) is 12.5. The molecule has 1 aliphatic heterocycles. The number of benzene rings is 3. The van der Waals surface area contributed by atoms with Crippen LogP contribution in [0.1, 0.15) is 40.4 Å². The zero-order chi connectivity index (χ0) is 26.2. The fourth-order valence-corrected chi connectivity index (χ4v) is 4.23. The maximum Gasteiger partial charge on any atom is 0.338 e. The lowest BCUT2D eigenvalue weighted by Crippen LogP contribution is -2.46. The smallest absolute Gasteiger partial charge is 0.338 e. The van der Waals surface area contributed by atoms with Crippen LogP contribution in [0.4, 0.5) is 8.78 Å². The van der Waals surface area contributed by atoms with Crippen LogP contribution >= 0.6 is 0 Å². The molecule has 3 N–H and O–H groups in total. The van der Waals surface area contributed by atoms with Gasteiger partial charge in [-0.05, 0) is 59.9 Å². The predicted octanol–water partition coefficient (Wildman–Crippen LogP) is 4.57. The van der Waals surface area contributed by atoms with Gasteiger partial charge in [-0.25, -0.2) is 13.6 Å². The zero-order valence-electron chi connectivity index (χ0n) is 20.8. The molecule has 8 heteroatoms. The maximum atomic E-state index is 13.7. The number of halogens is 2. The van der Waals surface area contributed by atoms with Crippen LogP contribution in [0.3, 0.4) is 0 Å². The lowest BCUT2D eigenvalue weighted by atomic mass is 10.0. The van der Waals surface area contributed by atoms with E-state index in [0.717, 1.165) is 24.5 Å². The van der Waals surface area contributed by atoms with Crippen LogP contribution in [-0.2, 0) is 24.1 Å². The third-order valence-electron chi connectivity index (χ3n) is 6.19. The molecule has 1 aliphatic rings.